The van der Waals surface area contributed by atoms with Crippen LogP contribution in [0.2, 0.25) is 0 Å². The number of hydrogen-bond acceptors (Lipinski definition) is 4. The molecule has 3 amide bonds. The fourth-order valence-corrected chi connectivity index (χ4v) is 2.99. The Kier molecular flexibility index (Phi) is 4.36. The van der Waals surface area contributed by atoms with E-state index in [1.54, 1.807) is 16.0 Å². The molecule has 1 aliphatic carbocycles. The van der Waals surface area contributed by atoms with E-state index in [4.69, 9.17) is 4.74 Å². The Bertz CT molecular complexity index is 798. The summed E-state index contributed by atoms with van der Waals surface area (Å²) < 4.78 is 5.53. The van der Waals surface area contributed by atoms with E-state index in [0.29, 0.717) is 32.1 Å². The summed E-state index contributed by atoms with van der Waals surface area (Å²) in [4.78, 5) is 32.1. The fourth-order valence-electron chi connectivity index (χ4n) is 2.99. The first kappa shape index (κ1) is 16.6. The number of fused-ring (bicyclic) bond motifs is 1. The van der Waals surface area contributed by atoms with E-state index in [2.05, 4.69) is 10.3 Å². The number of benzene rings is 1. The molecule has 0 atom stereocenters. The van der Waals surface area contributed by atoms with Crippen LogP contribution in [0.3, 0.4) is 0 Å². The molecule has 0 unspecified atom stereocenters. The van der Waals surface area contributed by atoms with Crippen LogP contribution in [0.4, 0.5) is 4.79 Å². The molecular formula is C19H22N4O3. The van der Waals surface area contributed by atoms with E-state index < -0.39 is 0 Å². The molecule has 136 valence electrons. The number of amidine groups is 1. The van der Waals surface area contributed by atoms with Crippen molar-refractivity contribution in [2.24, 2.45) is 10.9 Å². The number of aryl methyl sites for hydroxylation is 1. The predicted octanol–water partition coefficient (Wildman–Crippen LogP) is 1.99. The van der Waals surface area contributed by atoms with Gasteiger partial charge in [0.25, 0.3) is 5.91 Å². The van der Waals surface area contributed by atoms with Crippen LogP contribution in [0, 0.1) is 12.8 Å². The molecule has 2 aliphatic heterocycles. The van der Waals surface area contributed by atoms with Gasteiger partial charge in [0.1, 0.15) is 0 Å². The van der Waals surface area contributed by atoms with Gasteiger partial charge in [0.05, 0.1) is 6.20 Å². The normalized spacial score (nSPS) is 19.3. The van der Waals surface area contributed by atoms with Crippen molar-refractivity contribution < 1.29 is 14.3 Å². The van der Waals surface area contributed by atoms with Gasteiger partial charge in [-0.2, -0.15) is 0 Å². The minimum Gasteiger partial charge on any atom is -0.418 e. The van der Waals surface area contributed by atoms with Gasteiger partial charge in [0.2, 0.25) is 5.76 Å². The van der Waals surface area contributed by atoms with Crippen LogP contribution in [0.1, 0.15) is 24.0 Å². The van der Waals surface area contributed by atoms with Crippen molar-refractivity contribution >= 4 is 18.0 Å². The number of nitrogens with zero attached hydrogens (tertiary/aromatic N) is 3. The summed E-state index contributed by atoms with van der Waals surface area (Å²) in [6.45, 7) is 4.26. The van der Waals surface area contributed by atoms with Crippen molar-refractivity contribution in [3.8, 4) is 0 Å². The number of urea groups is 1. The summed E-state index contributed by atoms with van der Waals surface area (Å²) in [6, 6.07) is 7.82. The number of nitrogens with one attached hydrogen (secondary N) is 1. The minimum atomic E-state index is -0.348. The topological polar surface area (TPSA) is 74.2 Å². The lowest BCUT2D eigenvalue weighted by atomic mass is 10.1. The summed E-state index contributed by atoms with van der Waals surface area (Å²) in [5.74, 6) is 0.544. The number of aliphatic imine (C=N–C) groups is 1. The van der Waals surface area contributed by atoms with Crippen LogP contribution in [0.5, 0.6) is 0 Å². The van der Waals surface area contributed by atoms with E-state index in [-0.39, 0.29) is 23.7 Å². The Balaban J connectivity index is 1.40. The van der Waals surface area contributed by atoms with Crippen LogP contribution in [-0.4, -0.2) is 47.4 Å². The van der Waals surface area contributed by atoms with Crippen LogP contribution < -0.4 is 5.32 Å². The van der Waals surface area contributed by atoms with Crippen LogP contribution in [0.25, 0.3) is 0 Å². The summed E-state index contributed by atoms with van der Waals surface area (Å²) in [5.41, 5.74) is 2.24. The first-order valence-corrected chi connectivity index (χ1v) is 8.97. The van der Waals surface area contributed by atoms with Crippen molar-refractivity contribution in [1.29, 1.82) is 0 Å². The highest BCUT2D eigenvalue weighted by molar-refractivity contribution is 6.00. The van der Waals surface area contributed by atoms with E-state index in [9.17, 15) is 9.59 Å². The molecule has 1 N–H and O–H groups in total. The lowest BCUT2D eigenvalue weighted by Gasteiger charge is -2.20. The van der Waals surface area contributed by atoms with Gasteiger partial charge in [0, 0.05) is 26.2 Å². The largest absolute Gasteiger partial charge is 0.418 e. The van der Waals surface area contributed by atoms with Gasteiger partial charge in [-0.15, -0.1) is 4.99 Å². The average Bonchev–Trinajstić information content (AvgIpc) is 3.40. The van der Waals surface area contributed by atoms with E-state index in [1.165, 1.54) is 12.8 Å². The lowest BCUT2D eigenvalue weighted by Crippen LogP contribution is -2.32. The van der Waals surface area contributed by atoms with Crippen molar-refractivity contribution in [2.45, 2.75) is 26.3 Å². The molecule has 26 heavy (non-hydrogen) atoms. The molecule has 1 saturated carbocycles. The molecule has 7 nitrogen and oxygen atoms in total. The molecule has 2 heterocycles. The molecule has 0 bridgehead atoms. The molecule has 0 spiro atoms. The maximum absolute atomic E-state index is 12.5. The van der Waals surface area contributed by atoms with Crippen LogP contribution >= 0.6 is 0 Å². The maximum atomic E-state index is 12.5. The first-order chi connectivity index (χ1) is 12.6. The third-order valence-corrected chi connectivity index (χ3v) is 4.89. The summed E-state index contributed by atoms with van der Waals surface area (Å²) in [7, 11) is 0. The van der Waals surface area contributed by atoms with Gasteiger partial charge in [-0.25, -0.2) is 4.79 Å². The van der Waals surface area contributed by atoms with Gasteiger partial charge < -0.3 is 15.0 Å². The second-order valence-electron chi connectivity index (χ2n) is 6.97. The van der Waals surface area contributed by atoms with E-state index >= 15 is 0 Å². The van der Waals surface area contributed by atoms with Crippen LogP contribution in [-0.2, 0) is 16.1 Å². The van der Waals surface area contributed by atoms with Crippen molar-refractivity contribution in [3.05, 3.63) is 47.4 Å². The highest BCUT2D eigenvalue weighted by Crippen LogP contribution is 2.28. The standard InChI is InChI=1S/C19H22N4O3/c1-13-4-2-3-5-15(13)11-22-8-9-23-12-16(26-19(23)21-18(22)25)17(24)20-10-14-6-7-14/h2-5,12,14H,6-11H2,1H3,(H,20,24). The van der Waals surface area contributed by atoms with E-state index in [0.717, 1.165) is 11.1 Å². The SMILES string of the molecule is Cc1ccccc1CN1CCN2C=C(C(=O)NCC3CC3)OC2=NC1=O. The van der Waals surface area contributed by atoms with Crippen molar-refractivity contribution in [2.75, 3.05) is 19.6 Å². The quantitative estimate of drug-likeness (QED) is 0.877. The zero-order valence-corrected chi connectivity index (χ0v) is 14.8. The number of carbonyl (C=O) groups is 2. The molecule has 1 fully saturated rings. The molecular weight excluding hydrogens is 332 g/mol. The summed E-state index contributed by atoms with van der Waals surface area (Å²) in [5, 5.41) is 2.86. The Labute approximate surface area is 152 Å². The maximum Gasteiger partial charge on any atom is 0.348 e. The molecule has 0 saturated heterocycles. The Hall–Kier alpha value is -2.83. The number of amides is 3. The van der Waals surface area contributed by atoms with Gasteiger partial charge in [0.15, 0.2) is 0 Å². The van der Waals surface area contributed by atoms with Crippen LogP contribution in [0.15, 0.2) is 41.2 Å². The highest BCUT2D eigenvalue weighted by atomic mass is 16.5. The fraction of sp³-hybridized carbons (Fsp3) is 0.421. The third-order valence-electron chi connectivity index (χ3n) is 4.89. The third kappa shape index (κ3) is 3.56. The number of carbonyl (C=O) groups excluding carboxylic acids is 2. The highest BCUT2D eigenvalue weighted by Gasteiger charge is 2.32. The molecule has 1 aromatic carbocycles. The minimum absolute atomic E-state index is 0.179. The van der Waals surface area contributed by atoms with E-state index in [1.807, 2.05) is 31.2 Å². The summed E-state index contributed by atoms with van der Waals surface area (Å²) >= 11 is 0. The molecule has 0 aromatic heterocycles. The summed E-state index contributed by atoms with van der Waals surface area (Å²) in [6.07, 6.45) is 3.97. The second kappa shape index (κ2) is 6.82. The molecule has 3 aliphatic rings. The monoisotopic (exact) mass is 354 g/mol. The number of ether oxygens (including phenoxy) is 1. The Morgan fingerprint density at radius 1 is 1.31 bits per heavy atom. The van der Waals surface area contributed by atoms with Gasteiger partial charge in [-0.05, 0) is 36.8 Å². The zero-order valence-electron chi connectivity index (χ0n) is 14.8. The number of rotatable bonds is 5. The predicted molar refractivity (Wildman–Crippen MR) is 96.0 cm³/mol. The van der Waals surface area contributed by atoms with Crippen molar-refractivity contribution in [3.63, 3.8) is 0 Å². The molecule has 4 rings (SSSR count). The first-order valence-electron chi connectivity index (χ1n) is 8.97. The zero-order chi connectivity index (χ0) is 18.1. The Morgan fingerprint density at radius 2 is 2.12 bits per heavy atom. The lowest BCUT2D eigenvalue weighted by molar-refractivity contribution is -0.119. The average molecular weight is 354 g/mol. The molecule has 1 aromatic rings. The van der Waals surface area contributed by atoms with Crippen molar-refractivity contribution in [1.82, 2.24) is 15.1 Å². The molecule has 7 heteroatoms. The van der Waals surface area contributed by atoms with Gasteiger partial charge >= 0.3 is 12.1 Å². The second-order valence-corrected chi connectivity index (χ2v) is 6.97. The molecule has 0 radical (unpaired) electrons. The smallest absolute Gasteiger partial charge is 0.348 e. The Morgan fingerprint density at radius 3 is 2.88 bits per heavy atom. The van der Waals surface area contributed by atoms with Gasteiger partial charge in [-0.3, -0.25) is 9.69 Å². The number of hydrogen-bond donors (Lipinski definition) is 1. The van der Waals surface area contributed by atoms with Gasteiger partial charge in [-0.1, -0.05) is 24.3 Å².